The van der Waals surface area contributed by atoms with Gasteiger partial charge in [-0.2, -0.15) is 8.42 Å². The Morgan fingerprint density at radius 1 is 1.17 bits per heavy atom. The molecule has 0 aromatic heterocycles. The van der Waals surface area contributed by atoms with Crippen molar-refractivity contribution in [3.05, 3.63) is 70.3 Å². The number of nitro benzene ring substituents is 1. The number of rotatable bonds is 6. The highest BCUT2D eigenvalue weighted by atomic mass is 32.2. The van der Waals surface area contributed by atoms with Gasteiger partial charge >= 0.3 is 0 Å². The first kappa shape index (κ1) is 25.0. The summed E-state index contributed by atoms with van der Waals surface area (Å²) in [7, 11) is -5.33. The summed E-state index contributed by atoms with van der Waals surface area (Å²) >= 11 is 0. The monoisotopic (exact) mass is 510 g/mol. The lowest BCUT2D eigenvalue weighted by Crippen LogP contribution is -2.76. The molecule has 0 aliphatic carbocycles. The minimum absolute atomic E-state index is 0.00639. The van der Waals surface area contributed by atoms with Crippen molar-refractivity contribution < 1.29 is 46.7 Å². The topological polar surface area (TPSA) is 184 Å². The molecule has 3 N–H and O–H groups in total. The minimum Gasteiger partial charge on any atom is -0.463 e. The highest BCUT2D eigenvalue weighted by molar-refractivity contribution is 7.87. The van der Waals surface area contributed by atoms with E-state index in [1.165, 1.54) is 12.1 Å². The summed E-state index contributed by atoms with van der Waals surface area (Å²) in [5, 5.41) is 24.6. The number of nitro groups is 1. The fourth-order valence-corrected chi connectivity index (χ4v) is 4.98. The molecule has 2 aromatic carbocycles. The van der Waals surface area contributed by atoms with E-state index in [0.29, 0.717) is 5.56 Å². The van der Waals surface area contributed by atoms with Gasteiger partial charge in [0.25, 0.3) is 15.8 Å². The van der Waals surface area contributed by atoms with Crippen LogP contribution in [0.15, 0.2) is 54.6 Å². The first-order valence-electron chi connectivity index (χ1n) is 10.4. The highest BCUT2D eigenvalue weighted by Gasteiger charge is 2.67. The van der Waals surface area contributed by atoms with E-state index < -0.39 is 56.7 Å². The molecule has 0 saturated carbocycles. The van der Waals surface area contributed by atoms with Crippen LogP contribution in [0.4, 0.5) is 5.69 Å². The van der Waals surface area contributed by atoms with Crippen LogP contribution < -0.4 is 10.1 Å². The third-order valence-electron chi connectivity index (χ3n) is 5.60. The molecule has 2 aliphatic heterocycles. The Bertz CT molecular complexity index is 1190. The number of nitrogens with one attached hydrogen (secondary N) is 1. The molecule has 14 heteroatoms. The normalized spacial score (nSPS) is 30.7. The van der Waals surface area contributed by atoms with Gasteiger partial charge in [0.2, 0.25) is 17.1 Å². The van der Waals surface area contributed by atoms with E-state index in [-0.39, 0.29) is 18.0 Å². The van der Waals surface area contributed by atoms with Crippen molar-refractivity contribution in [1.29, 1.82) is 0 Å². The fraction of sp³-hybridized carbons (Fsp3) is 0.381. The molecule has 4 rings (SSSR count). The van der Waals surface area contributed by atoms with E-state index >= 15 is 0 Å². The fourth-order valence-electron chi connectivity index (χ4n) is 3.99. The van der Waals surface area contributed by atoms with Gasteiger partial charge in [-0.3, -0.25) is 19.5 Å². The number of ether oxygens (including phenoxy) is 4. The summed E-state index contributed by atoms with van der Waals surface area (Å²) in [5.74, 6) is -0.755. The maximum atomic E-state index is 12.6. The Balaban J connectivity index is 1.70. The van der Waals surface area contributed by atoms with Crippen molar-refractivity contribution in [2.45, 2.75) is 42.7 Å². The molecule has 6 atom stereocenters. The number of nitrogens with zero attached hydrogens (tertiary/aromatic N) is 1. The molecule has 0 spiro atoms. The molecule has 0 bridgehead atoms. The predicted molar refractivity (Wildman–Crippen MR) is 116 cm³/mol. The first-order valence-corrected chi connectivity index (χ1v) is 11.8. The minimum atomic E-state index is -5.33. The van der Waals surface area contributed by atoms with Crippen LogP contribution in [-0.2, 0) is 29.1 Å². The second kappa shape index (κ2) is 9.49. The van der Waals surface area contributed by atoms with E-state index in [2.05, 4.69) is 5.32 Å². The molecular formula is C21H22N2O11S. The van der Waals surface area contributed by atoms with E-state index in [1.54, 1.807) is 30.3 Å². The summed E-state index contributed by atoms with van der Waals surface area (Å²) in [5.41, 5.74) is 0.292. The average Bonchev–Trinajstić information content (AvgIpc) is 2.81. The number of fused-ring (bicyclic) bond motifs is 1. The second-order valence-corrected chi connectivity index (χ2v) is 9.55. The number of amides is 1. The number of carbonyl (C=O) groups is 1. The van der Waals surface area contributed by atoms with Crippen LogP contribution in [0.3, 0.4) is 0 Å². The molecule has 1 amide bonds. The second-order valence-electron chi connectivity index (χ2n) is 7.95. The molecule has 2 fully saturated rings. The van der Waals surface area contributed by atoms with Crippen LogP contribution in [0, 0.1) is 10.1 Å². The van der Waals surface area contributed by atoms with Crippen LogP contribution in [0.1, 0.15) is 18.8 Å². The Labute approximate surface area is 199 Å². The van der Waals surface area contributed by atoms with Crippen molar-refractivity contribution in [1.82, 2.24) is 5.32 Å². The maximum Gasteiger partial charge on any atom is 0.300 e. The van der Waals surface area contributed by atoms with Crippen molar-refractivity contribution in [3.8, 4) is 5.75 Å². The zero-order valence-electron chi connectivity index (χ0n) is 18.2. The number of hydrogen-bond acceptors (Lipinski definition) is 10. The number of non-ortho nitro benzene ring substituents is 1. The predicted octanol–water partition coefficient (Wildman–Crippen LogP) is 0.894. The van der Waals surface area contributed by atoms with Crippen LogP contribution in [0.5, 0.6) is 5.75 Å². The number of hydrogen-bond donors (Lipinski definition) is 3. The van der Waals surface area contributed by atoms with E-state index in [4.69, 9.17) is 18.9 Å². The zero-order chi connectivity index (χ0) is 25.4. The molecule has 13 nitrogen and oxygen atoms in total. The maximum absolute atomic E-state index is 12.6. The van der Waals surface area contributed by atoms with Gasteiger partial charge in [0, 0.05) is 24.6 Å². The smallest absolute Gasteiger partial charge is 0.300 e. The summed E-state index contributed by atoms with van der Waals surface area (Å²) in [6, 6.07) is 11.3. The molecular weight excluding hydrogens is 488 g/mol. The van der Waals surface area contributed by atoms with Crippen molar-refractivity contribution in [2.75, 3.05) is 6.61 Å². The van der Waals surface area contributed by atoms with Gasteiger partial charge < -0.3 is 29.4 Å². The third kappa shape index (κ3) is 4.84. The largest absolute Gasteiger partial charge is 0.463 e. The molecule has 2 aromatic rings. The molecule has 35 heavy (non-hydrogen) atoms. The van der Waals surface area contributed by atoms with Crippen LogP contribution in [0.2, 0.25) is 0 Å². The van der Waals surface area contributed by atoms with E-state index in [9.17, 15) is 33.0 Å². The van der Waals surface area contributed by atoms with Crippen molar-refractivity contribution >= 4 is 21.7 Å². The number of carbonyl (C=O) groups excluding carboxylic acids is 1. The molecule has 2 saturated heterocycles. The zero-order valence-corrected chi connectivity index (χ0v) is 19.0. The van der Waals surface area contributed by atoms with Crippen molar-refractivity contribution in [2.24, 2.45) is 0 Å². The van der Waals surface area contributed by atoms with Crippen LogP contribution >= 0.6 is 0 Å². The summed E-state index contributed by atoms with van der Waals surface area (Å²) in [6.45, 7) is 0.812. The molecule has 2 aliphatic rings. The van der Waals surface area contributed by atoms with Crippen LogP contribution in [-0.4, -0.2) is 65.0 Å². The lowest BCUT2D eigenvalue weighted by molar-refractivity contribution is -0.384. The van der Waals surface area contributed by atoms with Gasteiger partial charge in [0.1, 0.15) is 24.0 Å². The quantitative estimate of drug-likeness (QED) is 0.285. The van der Waals surface area contributed by atoms with Gasteiger partial charge in [-0.05, 0) is 12.1 Å². The number of aliphatic hydroxyl groups is 1. The lowest BCUT2D eigenvalue weighted by Gasteiger charge is -2.51. The number of benzene rings is 2. The SMILES string of the molecule is CC(=O)N[C@H]1[C@H](Oc2ccc([N+](=O)[O-])cc2)O[C@@H]2COC(c3ccccc3)O[C@H]2[C@@]1(O)S(=O)(=O)O. The molecule has 1 unspecified atom stereocenters. The third-order valence-corrected chi connectivity index (χ3v) is 6.91. The standard InChI is InChI=1S/C21H22N2O11S/c1-12(24)22-17-20(32-15-9-7-14(8-10-15)23(26)27)33-16-11-31-19(13-5-3-2-4-6-13)34-18(16)21(17,25)35(28,29)30/h2-10,16-20,25H,11H2,1H3,(H,22,24)(H,28,29,30)/t16-,17+,18-,19?,20-,21+/m1/s1. The Morgan fingerprint density at radius 2 is 1.83 bits per heavy atom. The van der Waals surface area contributed by atoms with Crippen LogP contribution in [0.25, 0.3) is 0 Å². The molecule has 2 heterocycles. The van der Waals surface area contributed by atoms with Gasteiger partial charge in [0.15, 0.2) is 6.29 Å². The van der Waals surface area contributed by atoms with Crippen molar-refractivity contribution in [3.63, 3.8) is 0 Å². The summed E-state index contributed by atoms with van der Waals surface area (Å²) < 4.78 is 58.1. The Kier molecular flexibility index (Phi) is 6.77. The molecule has 0 radical (unpaired) electrons. The van der Waals surface area contributed by atoms with Gasteiger partial charge in [-0.25, -0.2) is 0 Å². The van der Waals surface area contributed by atoms with Gasteiger partial charge in [-0.15, -0.1) is 0 Å². The Hall–Kier alpha value is -3.14. The molecule has 188 valence electrons. The lowest BCUT2D eigenvalue weighted by atomic mass is 9.94. The van der Waals surface area contributed by atoms with E-state index in [1.807, 2.05) is 0 Å². The average molecular weight is 510 g/mol. The van der Waals surface area contributed by atoms with E-state index in [0.717, 1.165) is 19.1 Å². The highest BCUT2D eigenvalue weighted by Crippen LogP contribution is 2.42. The summed E-state index contributed by atoms with van der Waals surface area (Å²) in [6.07, 6.45) is -5.69. The Morgan fingerprint density at radius 3 is 2.40 bits per heavy atom. The van der Waals surface area contributed by atoms with Gasteiger partial charge in [-0.1, -0.05) is 30.3 Å². The van der Waals surface area contributed by atoms with Gasteiger partial charge in [0.05, 0.1) is 11.5 Å². The summed E-state index contributed by atoms with van der Waals surface area (Å²) in [4.78, 5) is 19.1. The first-order chi connectivity index (χ1) is 16.5.